The number of para-hydroxylation sites is 1. The van der Waals surface area contributed by atoms with Crippen LogP contribution in [0.4, 0.5) is 5.69 Å². The molecule has 0 unspecified atom stereocenters. The van der Waals surface area contributed by atoms with Crippen molar-refractivity contribution in [2.75, 3.05) is 18.9 Å². The lowest BCUT2D eigenvalue weighted by molar-refractivity contribution is -0.136. The van der Waals surface area contributed by atoms with Crippen LogP contribution in [0.5, 0.6) is 0 Å². The highest BCUT2D eigenvalue weighted by molar-refractivity contribution is 6.00. The fourth-order valence-electron chi connectivity index (χ4n) is 5.94. The highest BCUT2D eigenvalue weighted by Gasteiger charge is 2.53. The number of hydrogen-bond donors (Lipinski definition) is 2. The van der Waals surface area contributed by atoms with Gasteiger partial charge in [-0.25, -0.2) is 0 Å². The van der Waals surface area contributed by atoms with E-state index >= 15 is 0 Å². The number of aryl methyl sites for hydroxylation is 1. The maximum absolute atomic E-state index is 14.1. The van der Waals surface area contributed by atoms with Crippen LogP contribution in [0.3, 0.4) is 0 Å². The van der Waals surface area contributed by atoms with E-state index in [1.54, 1.807) is 11.9 Å². The molecule has 1 fully saturated rings. The van der Waals surface area contributed by atoms with Gasteiger partial charge in [0.05, 0.1) is 11.5 Å². The van der Waals surface area contributed by atoms with Gasteiger partial charge in [0.2, 0.25) is 5.91 Å². The van der Waals surface area contributed by atoms with E-state index in [2.05, 4.69) is 22.9 Å². The highest BCUT2D eigenvalue weighted by atomic mass is 16.2. The molecule has 2 aromatic carbocycles. The fraction of sp³-hybridized carbons (Fsp3) is 0.367. The Hall–Kier alpha value is -4.05. The number of carbonyl (C=O) groups excluding carboxylic acids is 2. The number of rotatable bonds is 5. The second-order valence-electron chi connectivity index (χ2n) is 10.8. The van der Waals surface area contributed by atoms with Gasteiger partial charge in [-0.15, -0.1) is 0 Å². The predicted octanol–water partition coefficient (Wildman–Crippen LogP) is 4.96. The van der Waals surface area contributed by atoms with Crippen LogP contribution in [0, 0.1) is 24.2 Å². The number of nitriles is 1. The molecule has 7 heteroatoms. The van der Waals surface area contributed by atoms with E-state index in [1.807, 2.05) is 69.3 Å². The van der Waals surface area contributed by atoms with Crippen molar-refractivity contribution >= 4 is 28.4 Å². The predicted molar refractivity (Wildman–Crippen MR) is 145 cm³/mol. The Labute approximate surface area is 217 Å². The second kappa shape index (κ2) is 9.11. The summed E-state index contributed by atoms with van der Waals surface area (Å²) in [6.45, 7) is 10.7. The maximum Gasteiger partial charge on any atom is 0.270 e. The number of hydrogen-bond acceptors (Lipinski definition) is 4. The molecule has 0 radical (unpaired) electrons. The number of aromatic nitrogens is 1. The Morgan fingerprint density at radius 2 is 2.00 bits per heavy atom. The monoisotopic (exact) mass is 495 g/mol. The van der Waals surface area contributed by atoms with Crippen LogP contribution in [-0.4, -0.2) is 52.3 Å². The Balaban J connectivity index is 1.46. The average molecular weight is 496 g/mol. The Morgan fingerprint density at radius 1 is 1.24 bits per heavy atom. The van der Waals surface area contributed by atoms with Gasteiger partial charge in [-0.05, 0) is 55.0 Å². The van der Waals surface area contributed by atoms with Gasteiger partial charge in [0.15, 0.2) is 0 Å². The minimum atomic E-state index is -0.691. The molecule has 190 valence electrons. The van der Waals surface area contributed by atoms with Crippen molar-refractivity contribution in [3.63, 3.8) is 0 Å². The first-order chi connectivity index (χ1) is 17.7. The second-order valence-corrected chi connectivity index (χ2v) is 10.8. The highest BCUT2D eigenvalue weighted by Crippen LogP contribution is 2.50. The van der Waals surface area contributed by atoms with E-state index in [4.69, 9.17) is 0 Å². The summed E-state index contributed by atoms with van der Waals surface area (Å²) in [5.74, 6) is -0.262. The molecule has 5 rings (SSSR count). The molecular weight excluding hydrogens is 462 g/mol. The van der Waals surface area contributed by atoms with Gasteiger partial charge in [-0.2, -0.15) is 5.26 Å². The number of amides is 2. The SMILES string of the molecule is C=C1Nc2ccccc2[C@@]12C[C@@H](C#N)N(C(=O)[C@H](CC(C)C)N(C)C(=O)c1cc3c(C)cccc3[nH]1)C2. The van der Waals surface area contributed by atoms with Gasteiger partial charge in [0.1, 0.15) is 17.8 Å². The fourth-order valence-corrected chi connectivity index (χ4v) is 5.94. The molecule has 1 saturated heterocycles. The van der Waals surface area contributed by atoms with E-state index in [0.29, 0.717) is 25.1 Å². The first kappa shape index (κ1) is 24.6. The molecule has 0 aliphatic carbocycles. The molecule has 37 heavy (non-hydrogen) atoms. The zero-order chi connectivity index (χ0) is 26.5. The van der Waals surface area contributed by atoms with E-state index in [-0.39, 0.29) is 17.7 Å². The molecule has 2 aliphatic heterocycles. The molecule has 2 N–H and O–H groups in total. The normalized spacial score (nSPS) is 21.2. The number of nitrogens with zero attached hydrogens (tertiary/aromatic N) is 3. The maximum atomic E-state index is 14.1. The Kier molecular flexibility index (Phi) is 6.07. The van der Waals surface area contributed by atoms with Crippen molar-refractivity contribution in [3.05, 3.63) is 77.6 Å². The summed E-state index contributed by atoms with van der Waals surface area (Å²) in [6.07, 6.45) is 0.975. The third kappa shape index (κ3) is 3.97. The van der Waals surface area contributed by atoms with E-state index in [9.17, 15) is 14.9 Å². The molecule has 3 atom stereocenters. The Bertz CT molecular complexity index is 1450. The third-order valence-electron chi connectivity index (χ3n) is 7.98. The summed E-state index contributed by atoms with van der Waals surface area (Å²) >= 11 is 0. The number of likely N-dealkylation sites (tertiary alicyclic amines) is 1. The molecule has 0 saturated carbocycles. The lowest BCUT2D eigenvalue weighted by Gasteiger charge is -2.33. The zero-order valence-electron chi connectivity index (χ0n) is 21.8. The molecule has 0 bridgehead atoms. The molecule has 3 aromatic rings. The summed E-state index contributed by atoms with van der Waals surface area (Å²) < 4.78 is 0. The number of likely N-dealkylation sites (N-methyl/N-ethyl adjacent to an activating group) is 1. The molecule has 3 heterocycles. The average Bonchev–Trinajstić information content (AvgIpc) is 3.56. The van der Waals surface area contributed by atoms with Crippen molar-refractivity contribution in [1.82, 2.24) is 14.8 Å². The van der Waals surface area contributed by atoms with Crippen molar-refractivity contribution in [1.29, 1.82) is 5.26 Å². The summed E-state index contributed by atoms with van der Waals surface area (Å²) in [5.41, 5.74) is 4.74. The Morgan fingerprint density at radius 3 is 2.70 bits per heavy atom. The van der Waals surface area contributed by atoms with Gasteiger partial charge in [0, 0.05) is 35.9 Å². The minimum absolute atomic E-state index is 0.176. The first-order valence-corrected chi connectivity index (χ1v) is 12.8. The lowest BCUT2D eigenvalue weighted by Crippen LogP contribution is -2.51. The van der Waals surface area contributed by atoms with E-state index < -0.39 is 17.5 Å². The van der Waals surface area contributed by atoms with Crippen LogP contribution in [-0.2, 0) is 10.2 Å². The zero-order valence-corrected chi connectivity index (χ0v) is 21.8. The summed E-state index contributed by atoms with van der Waals surface area (Å²) in [5, 5.41) is 14.4. The summed E-state index contributed by atoms with van der Waals surface area (Å²) in [6, 6.07) is 16.8. The van der Waals surface area contributed by atoms with Crippen molar-refractivity contribution in [2.45, 2.75) is 51.1 Å². The van der Waals surface area contributed by atoms with Gasteiger partial charge in [0.25, 0.3) is 5.91 Å². The molecule has 2 aliphatic rings. The first-order valence-electron chi connectivity index (χ1n) is 12.8. The van der Waals surface area contributed by atoms with E-state index in [1.165, 1.54) is 4.90 Å². The molecular formula is C30H33N5O2. The number of nitrogens with one attached hydrogen (secondary N) is 2. The smallest absolute Gasteiger partial charge is 0.270 e. The quantitative estimate of drug-likeness (QED) is 0.523. The number of fused-ring (bicyclic) bond motifs is 3. The largest absolute Gasteiger partial charge is 0.358 e. The third-order valence-corrected chi connectivity index (χ3v) is 7.98. The van der Waals surface area contributed by atoms with Gasteiger partial charge < -0.3 is 20.1 Å². The van der Waals surface area contributed by atoms with Crippen LogP contribution in [0.1, 0.15) is 48.3 Å². The van der Waals surface area contributed by atoms with Crippen LogP contribution in [0.15, 0.2) is 60.8 Å². The molecule has 1 spiro atoms. The topological polar surface area (TPSA) is 92.2 Å². The van der Waals surface area contributed by atoms with Crippen molar-refractivity contribution in [2.24, 2.45) is 5.92 Å². The van der Waals surface area contributed by atoms with Gasteiger partial charge in [-0.3, -0.25) is 9.59 Å². The minimum Gasteiger partial charge on any atom is -0.358 e. The summed E-state index contributed by atoms with van der Waals surface area (Å²) in [7, 11) is 1.68. The van der Waals surface area contributed by atoms with Gasteiger partial charge in [-0.1, -0.05) is 50.8 Å². The van der Waals surface area contributed by atoms with Gasteiger partial charge >= 0.3 is 0 Å². The molecule has 2 amide bonds. The number of aromatic amines is 1. The molecule has 1 aromatic heterocycles. The van der Waals surface area contributed by atoms with Crippen LogP contribution < -0.4 is 5.32 Å². The van der Waals surface area contributed by atoms with Crippen molar-refractivity contribution < 1.29 is 9.59 Å². The number of benzene rings is 2. The lowest BCUT2D eigenvalue weighted by atomic mass is 9.78. The van der Waals surface area contributed by atoms with Crippen LogP contribution >= 0.6 is 0 Å². The summed E-state index contributed by atoms with van der Waals surface area (Å²) in [4.78, 5) is 34.2. The van der Waals surface area contributed by atoms with E-state index in [0.717, 1.165) is 33.4 Å². The van der Waals surface area contributed by atoms with Crippen LogP contribution in [0.2, 0.25) is 0 Å². The van der Waals surface area contributed by atoms with Crippen LogP contribution in [0.25, 0.3) is 10.9 Å². The molecule has 7 nitrogen and oxygen atoms in total. The standard InChI is InChI=1S/C30H33N5O2/c1-18(2)13-27(34(5)28(36)26-14-22-19(3)9-8-12-24(22)33-26)29(37)35-17-30(15-21(35)16-31)20(4)32-25-11-7-6-10-23(25)30/h6-12,14,18,21,27,32-33H,4,13,15,17H2,1-3,5H3/t21-,27-,30+/m0/s1. The van der Waals surface area contributed by atoms with Crippen molar-refractivity contribution in [3.8, 4) is 6.07 Å². The number of carbonyl (C=O) groups is 2. The number of anilines is 1. The number of H-pyrrole nitrogens is 1.